The van der Waals surface area contributed by atoms with Gasteiger partial charge in [-0.25, -0.2) is 4.98 Å². The highest BCUT2D eigenvalue weighted by atomic mass is 32.2. The van der Waals surface area contributed by atoms with Crippen molar-refractivity contribution in [3.63, 3.8) is 0 Å². The topological polar surface area (TPSA) is 33.2 Å². The van der Waals surface area contributed by atoms with E-state index in [1.165, 1.54) is 5.56 Å². The molecule has 22 heavy (non-hydrogen) atoms. The molecule has 4 heteroatoms. The lowest BCUT2D eigenvalue weighted by atomic mass is 10.1. The molecule has 1 aliphatic rings. The minimum Gasteiger partial charge on any atom is -0.331 e. The SMILES string of the molecule is CCSc1cc(C(=O)N(Cc2ccccc2)C2CC2)ccn1. The molecule has 3 nitrogen and oxygen atoms in total. The molecule has 1 saturated carbocycles. The van der Waals surface area contributed by atoms with Crippen LogP contribution in [0.25, 0.3) is 0 Å². The first-order chi connectivity index (χ1) is 10.8. The van der Waals surface area contributed by atoms with Crippen molar-refractivity contribution in [1.82, 2.24) is 9.88 Å². The number of pyridine rings is 1. The van der Waals surface area contributed by atoms with Crippen molar-refractivity contribution in [3.05, 3.63) is 59.8 Å². The predicted octanol–water partition coefficient (Wildman–Crippen LogP) is 4.00. The van der Waals surface area contributed by atoms with E-state index in [0.717, 1.165) is 29.2 Å². The average Bonchev–Trinajstić information content (AvgIpc) is 3.38. The van der Waals surface area contributed by atoms with E-state index in [-0.39, 0.29) is 5.91 Å². The minimum absolute atomic E-state index is 0.117. The normalized spacial score (nSPS) is 13.9. The molecule has 0 spiro atoms. The second-order valence-corrected chi connectivity index (χ2v) is 6.75. The fraction of sp³-hybridized carbons (Fsp3) is 0.333. The standard InChI is InChI=1S/C18H20N2OS/c1-2-22-17-12-15(10-11-19-17)18(21)20(16-8-9-16)13-14-6-4-3-5-7-14/h3-7,10-12,16H,2,8-9,13H2,1H3. The fourth-order valence-corrected chi connectivity index (χ4v) is 3.11. The van der Waals surface area contributed by atoms with Crippen molar-refractivity contribution in [3.8, 4) is 0 Å². The highest BCUT2D eigenvalue weighted by molar-refractivity contribution is 7.99. The quantitative estimate of drug-likeness (QED) is 0.756. The maximum Gasteiger partial charge on any atom is 0.254 e. The highest BCUT2D eigenvalue weighted by Gasteiger charge is 2.33. The summed E-state index contributed by atoms with van der Waals surface area (Å²) < 4.78 is 0. The van der Waals surface area contributed by atoms with E-state index in [1.807, 2.05) is 35.2 Å². The molecule has 0 radical (unpaired) electrons. The monoisotopic (exact) mass is 312 g/mol. The third kappa shape index (κ3) is 3.69. The molecule has 3 rings (SSSR count). The van der Waals surface area contributed by atoms with Crippen molar-refractivity contribution >= 4 is 17.7 Å². The van der Waals surface area contributed by atoms with Crippen molar-refractivity contribution in [2.75, 3.05) is 5.75 Å². The molecule has 0 unspecified atom stereocenters. The summed E-state index contributed by atoms with van der Waals surface area (Å²) in [6.07, 6.45) is 3.96. The van der Waals surface area contributed by atoms with Gasteiger partial charge in [0.2, 0.25) is 0 Å². The molecule has 114 valence electrons. The summed E-state index contributed by atoms with van der Waals surface area (Å²) in [7, 11) is 0. The molecule has 1 fully saturated rings. The molecule has 0 N–H and O–H groups in total. The van der Waals surface area contributed by atoms with E-state index in [9.17, 15) is 4.79 Å². The van der Waals surface area contributed by atoms with Crippen LogP contribution in [0.2, 0.25) is 0 Å². The smallest absolute Gasteiger partial charge is 0.254 e. The number of hydrogen-bond donors (Lipinski definition) is 0. The van der Waals surface area contributed by atoms with Gasteiger partial charge >= 0.3 is 0 Å². The molecule has 1 aliphatic carbocycles. The molecule has 1 aromatic carbocycles. The number of aromatic nitrogens is 1. The van der Waals surface area contributed by atoms with Gasteiger partial charge in [0.25, 0.3) is 5.91 Å². The van der Waals surface area contributed by atoms with Crippen LogP contribution in [-0.4, -0.2) is 27.6 Å². The molecular weight excluding hydrogens is 292 g/mol. The molecule has 0 atom stereocenters. The zero-order valence-electron chi connectivity index (χ0n) is 12.7. The Labute approximate surface area is 135 Å². The minimum atomic E-state index is 0.117. The highest BCUT2D eigenvalue weighted by Crippen LogP contribution is 2.30. The average molecular weight is 312 g/mol. The first-order valence-corrected chi connectivity index (χ1v) is 8.70. The molecular formula is C18H20N2OS. The maximum atomic E-state index is 12.9. The lowest BCUT2D eigenvalue weighted by Gasteiger charge is -2.23. The zero-order chi connectivity index (χ0) is 15.4. The van der Waals surface area contributed by atoms with Crippen LogP contribution < -0.4 is 0 Å². The van der Waals surface area contributed by atoms with E-state index in [2.05, 4.69) is 24.0 Å². The number of nitrogens with zero attached hydrogens (tertiary/aromatic N) is 2. The van der Waals surface area contributed by atoms with Crippen LogP contribution in [0.15, 0.2) is 53.7 Å². The van der Waals surface area contributed by atoms with Gasteiger partial charge in [0, 0.05) is 24.3 Å². The lowest BCUT2D eigenvalue weighted by molar-refractivity contribution is 0.0729. The molecule has 1 heterocycles. The molecule has 0 bridgehead atoms. The summed E-state index contributed by atoms with van der Waals surface area (Å²) >= 11 is 1.66. The fourth-order valence-electron chi connectivity index (χ4n) is 2.47. The predicted molar refractivity (Wildman–Crippen MR) is 90.0 cm³/mol. The first-order valence-electron chi connectivity index (χ1n) is 7.71. The Morgan fingerprint density at radius 1 is 1.27 bits per heavy atom. The molecule has 1 aromatic heterocycles. The number of amides is 1. The number of rotatable bonds is 6. The molecule has 1 amide bonds. The van der Waals surface area contributed by atoms with Crippen molar-refractivity contribution in [2.45, 2.75) is 37.4 Å². The van der Waals surface area contributed by atoms with Crippen molar-refractivity contribution in [2.24, 2.45) is 0 Å². The Balaban J connectivity index is 1.79. The van der Waals surface area contributed by atoms with Crippen LogP contribution in [0.1, 0.15) is 35.7 Å². The van der Waals surface area contributed by atoms with Crippen molar-refractivity contribution < 1.29 is 4.79 Å². The Morgan fingerprint density at radius 2 is 2.05 bits per heavy atom. The molecule has 0 saturated heterocycles. The van der Waals surface area contributed by atoms with Gasteiger partial charge in [-0.3, -0.25) is 4.79 Å². The number of carbonyl (C=O) groups is 1. The summed E-state index contributed by atoms with van der Waals surface area (Å²) in [4.78, 5) is 19.2. The van der Waals surface area contributed by atoms with Gasteiger partial charge in [-0.1, -0.05) is 37.3 Å². The third-order valence-corrected chi connectivity index (χ3v) is 4.53. The Kier molecular flexibility index (Phi) is 4.78. The molecule has 0 aliphatic heterocycles. The number of benzene rings is 1. The van der Waals surface area contributed by atoms with E-state index in [4.69, 9.17) is 0 Å². The van der Waals surface area contributed by atoms with E-state index in [1.54, 1.807) is 18.0 Å². The summed E-state index contributed by atoms with van der Waals surface area (Å²) in [5, 5.41) is 0.920. The van der Waals surface area contributed by atoms with Crippen LogP contribution >= 0.6 is 11.8 Å². The second-order valence-electron chi connectivity index (χ2n) is 5.47. The van der Waals surface area contributed by atoms with Gasteiger partial charge in [0.1, 0.15) is 0 Å². The van der Waals surface area contributed by atoms with Crippen LogP contribution in [0.4, 0.5) is 0 Å². The Bertz CT molecular complexity index is 641. The molecule has 2 aromatic rings. The summed E-state index contributed by atoms with van der Waals surface area (Å²) in [6, 6.07) is 14.3. The van der Waals surface area contributed by atoms with Crippen LogP contribution in [0, 0.1) is 0 Å². The maximum absolute atomic E-state index is 12.9. The van der Waals surface area contributed by atoms with E-state index < -0.39 is 0 Å². The summed E-state index contributed by atoms with van der Waals surface area (Å²) in [5.41, 5.74) is 1.92. The van der Waals surface area contributed by atoms with Gasteiger partial charge in [-0.05, 0) is 36.3 Å². The summed E-state index contributed by atoms with van der Waals surface area (Å²) in [6.45, 7) is 2.77. The van der Waals surface area contributed by atoms with Gasteiger partial charge in [0.05, 0.1) is 5.03 Å². The van der Waals surface area contributed by atoms with Crippen LogP contribution in [0.3, 0.4) is 0 Å². The summed E-state index contributed by atoms with van der Waals surface area (Å²) in [5.74, 6) is 1.08. The zero-order valence-corrected chi connectivity index (χ0v) is 13.6. The van der Waals surface area contributed by atoms with E-state index in [0.29, 0.717) is 12.6 Å². The lowest BCUT2D eigenvalue weighted by Crippen LogP contribution is -2.32. The number of carbonyl (C=O) groups excluding carboxylic acids is 1. The number of thioether (sulfide) groups is 1. The second kappa shape index (κ2) is 6.97. The largest absolute Gasteiger partial charge is 0.331 e. The van der Waals surface area contributed by atoms with Gasteiger partial charge in [-0.15, -0.1) is 11.8 Å². The van der Waals surface area contributed by atoms with E-state index >= 15 is 0 Å². The Hall–Kier alpha value is -1.81. The first kappa shape index (κ1) is 15.1. The third-order valence-electron chi connectivity index (χ3n) is 3.72. The van der Waals surface area contributed by atoms with Gasteiger partial charge in [0.15, 0.2) is 0 Å². The van der Waals surface area contributed by atoms with Crippen LogP contribution in [0.5, 0.6) is 0 Å². The van der Waals surface area contributed by atoms with Crippen molar-refractivity contribution in [1.29, 1.82) is 0 Å². The van der Waals surface area contributed by atoms with Crippen LogP contribution in [-0.2, 0) is 6.54 Å². The van der Waals surface area contributed by atoms with Gasteiger partial charge in [-0.2, -0.15) is 0 Å². The van der Waals surface area contributed by atoms with Gasteiger partial charge < -0.3 is 4.90 Å². The number of hydrogen-bond acceptors (Lipinski definition) is 3. The Morgan fingerprint density at radius 3 is 2.73 bits per heavy atom.